The summed E-state index contributed by atoms with van der Waals surface area (Å²) in [5.41, 5.74) is 9.67. The Bertz CT molecular complexity index is 495. The van der Waals surface area contributed by atoms with Crippen LogP contribution in [0.2, 0.25) is 0 Å². The summed E-state index contributed by atoms with van der Waals surface area (Å²) in [4.78, 5) is 9.15. The number of guanidine groups is 1. The first-order valence-electron chi connectivity index (χ1n) is 7.85. The lowest BCUT2D eigenvalue weighted by Gasteiger charge is -2.15. The molecule has 4 nitrogen and oxygen atoms in total. The van der Waals surface area contributed by atoms with Crippen LogP contribution in [-0.2, 0) is 19.4 Å². The Balaban J connectivity index is 0.00000161. The fourth-order valence-electron chi connectivity index (χ4n) is 3.21. The van der Waals surface area contributed by atoms with E-state index in [1.54, 1.807) is 0 Å². The molecule has 1 aromatic heterocycles. The van der Waals surface area contributed by atoms with Crippen molar-refractivity contribution in [1.29, 1.82) is 0 Å². The first kappa shape index (κ1) is 16.5. The highest BCUT2D eigenvalue weighted by Gasteiger charge is 2.15. The molecule has 0 spiro atoms. The van der Waals surface area contributed by atoms with Crippen LogP contribution in [0.3, 0.4) is 0 Å². The van der Waals surface area contributed by atoms with Gasteiger partial charge < -0.3 is 11.1 Å². The Morgan fingerprint density at radius 2 is 1.95 bits per heavy atom. The fourth-order valence-corrected chi connectivity index (χ4v) is 3.21. The Labute approximate surface area is 144 Å². The molecule has 116 valence electrons. The minimum Gasteiger partial charge on any atom is -0.370 e. The molecule has 2 aliphatic rings. The number of nitrogens with two attached hydrogens (primary N) is 1. The monoisotopic (exact) mass is 400 g/mol. The number of fused-ring (bicyclic) bond motifs is 1. The Kier molecular flexibility index (Phi) is 6.26. The van der Waals surface area contributed by atoms with E-state index in [1.165, 1.54) is 56.2 Å². The van der Waals surface area contributed by atoms with Crippen LogP contribution in [0, 0.1) is 0 Å². The molecule has 2 aliphatic carbocycles. The van der Waals surface area contributed by atoms with Gasteiger partial charge in [0.25, 0.3) is 0 Å². The predicted molar refractivity (Wildman–Crippen MR) is 97.0 cm³/mol. The molecule has 21 heavy (non-hydrogen) atoms. The van der Waals surface area contributed by atoms with Gasteiger partial charge in [-0.25, -0.2) is 4.99 Å². The minimum atomic E-state index is 0. The van der Waals surface area contributed by atoms with Gasteiger partial charge in [0.15, 0.2) is 5.96 Å². The largest absolute Gasteiger partial charge is 0.370 e. The minimum absolute atomic E-state index is 0. The molecule has 0 atom stereocenters. The molecule has 0 unspecified atom stereocenters. The van der Waals surface area contributed by atoms with Crippen LogP contribution < -0.4 is 11.1 Å². The number of rotatable bonds is 3. The molecule has 3 N–H and O–H groups in total. The van der Waals surface area contributed by atoms with Gasteiger partial charge in [-0.15, -0.1) is 24.0 Å². The molecular weight excluding hydrogens is 375 g/mol. The van der Waals surface area contributed by atoms with E-state index in [1.807, 2.05) is 0 Å². The maximum atomic E-state index is 5.95. The molecule has 5 heteroatoms. The van der Waals surface area contributed by atoms with Crippen molar-refractivity contribution in [3.05, 3.63) is 29.1 Å². The van der Waals surface area contributed by atoms with E-state index in [-0.39, 0.29) is 24.0 Å². The number of hydrogen-bond donors (Lipinski definition) is 2. The Morgan fingerprint density at radius 1 is 1.19 bits per heavy atom. The number of pyridine rings is 1. The van der Waals surface area contributed by atoms with E-state index in [2.05, 4.69) is 22.4 Å². The zero-order chi connectivity index (χ0) is 13.8. The summed E-state index contributed by atoms with van der Waals surface area (Å²) in [6.07, 6.45) is 9.89. The standard InChI is InChI=1S/C16H24N4.HI/c17-16(20-13-6-2-3-7-13)18-11-14-10-9-12-5-1-4-8-15(12)19-14;/h9-10,13H,1-8,11H2,(H3,17,18,20);1H. The SMILES string of the molecule is I.NC(=NCc1ccc2c(n1)CCCC2)NC1CCCC1. The highest BCUT2D eigenvalue weighted by atomic mass is 127. The van der Waals surface area contributed by atoms with Crippen LogP contribution >= 0.6 is 24.0 Å². The average molecular weight is 400 g/mol. The number of aromatic nitrogens is 1. The van der Waals surface area contributed by atoms with Crippen LogP contribution in [0.4, 0.5) is 0 Å². The second kappa shape index (κ2) is 7.96. The molecule has 1 fully saturated rings. The molecule has 0 radical (unpaired) electrons. The first-order chi connectivity index (χ1) is 9.81. The lowest BCUT2D eigenvalue weighted by Crippen LogP contribution is -2.38. The lowest BCUT2D eigenvalue weighted by atomic mass is 9.96. The lowest BCUT2D eigenvalue weighted by molar-refractivity contribution is 0.624. The summed E-state index contributed by atoms with van der Waals surface area (Å²) < 4.78 is 0. The first-order valence-corrected chi connectivity index (χ1v) is 7.85. The predicted octanol–water partition coefficient (Wildman–Crippen LogP) is 2.93. The Morgan fingerprint density at radius 3 is 2.76 bits per heavy atom. The molecule has 0 saturated heterocycles. The van der Waals surface area contributed by atoms with E-state index in [9.17, 15) is 0 Å². The summed E-state index contributed by atoms with van der Waals surface area (Å²) in [5.74, 6) is 0.566. The summed E-state index contributed by atoms with van der Waals surface area (Å²) in [7, 11) is 0. The number of nitrogens with zero attached hydrogens (tertiary/aromatic N) is 2. The molecule has 0 aliphatic heterocycles. The van der Waals surface area contributed by atoms with Crippen molar-refractivity contribution in [3.8, 4) is 0 Å². The number of aryl methyl sites for hydroxylation is 2. The topological polar surface area (TPSA) is 63.3 Å². The van der Waals surface area contributed by atoms with Gasteiger partial charge in [0.2, 0.25) is 0 Å². The van der Waals surface area contributed by atoms with E-state index in [4.69, 9.17) is 10.7 Å². The fraction of sp³-hybridized carbons (Fsp3) is 0.625. The molecule has 0 amide bonds. The number of nitrogens with one attached hydrogen (secondary N) is 1. The molecule has 0 bridgehead atoms. The van der Waals surface area contributed by atoms with Gasteiger partial charge >= 0.3 is 0 Å². The van der Waals surface area contributed by atoms with Gasteiger partial charge in [-0.3, -0.25) is 4.98 Å². The van der Waals surface area contributed by atoms with Crippen LogP contribution in [0.1, 0.15) is 55.5 Å². The highest BCUT2D eigenvalue weighted by Crippen LogP contribution is 2.20. The summed E-state index contributed by atoms with van der Waals surface area (Å²) in [5, 5.41) is 3.31. The normalized spacial score (nSPS) is 19.0. The van der Waals surface area contributed by atoms with E-state index >= 15 is 0 Å². The number of aliphatic imine (C=N–C) groups is 1. The maximum absolute atomic E-state index is 5.95. The number of hydrogen-bond acceptors (Lipinski definition) is 2. The van der Waals surface area contributed by atoms with Crippen molar-refractivity contribution < 1.29 is 0 Å². The van der Waals surface area contributed by atoms with Crippen molar-refractivity contribution in [2.75, 3.05) is 0 Å². The molecule has 0 aromatic carbocycles. The molecule has 1 aromatic rings. The quantitative estimate of drug-likeness (QED) is 0.466. The molecular formula is C16H25IN4. The van der Waals surface area contributed by atoms with Gasteiger partial charge in [0.05, 0.1) is 12.2 Å². The van der Waals surface area contributed by atoms with Gasteiger partial charge in [0.1, 0.15) is 0 Å². The molecule has 1 saturated carbocycles. The van der Waals surface area contributed by atoms with Crippen LogP contribution in [-0.4, -0.2) is 17.0 Å². The zero-order valence-corrected chi connectivity index (χ0v) is 14.8. The maximum Gasteiger partial charge on any atom is 0.189 e. The summed E-state index contributed by atoms with van der Waals surface area (Å²) >= 11 is 0. The molecule has 1 heterocycles. The van der Waals surface area contributed by atoms with Crippen molar-refractivity contribution in [2.24, 2.45) is 10.7 Å². The average Bonchev–Trinajstić information content (AvgIpc) is 2.98. The van der Waals surface area contributed by atoms with Crippen LogP contribution in [0.5, 0.6) is 0 Å². The number of halogens is 1. The molecule has 3 rings (SSSR count). The van der Waals surface area contributed by atoms with Crippen LogP contribution in [0.25, 0.3) is 0 Å². The second-order valence-electron chi connectivity index (χ2n) is 5.94. The van der Waals surface area contributed by atoms with Crippen LogP contribution in [0.15, 0.2) is 17.1 Å². The van der Waals surface area contributed by atoms with Gasteiger partial charge in [-0.2, -0.15) is 0 Å². The summed E-state index contributed by atoms with van der Waals surface area (Å²) in [6.45, 7) is 0.582. The van der Waals surface area contributed by atoms with E-state index < -0.39 is 0 Å². The second-order valence-corrected chi connectivity index (χ2v) is 5.94. The van der Waals surface area contributed by atoms with Crippen molar-refractivity contribution in [3.63, 3.8) is 0 Å². The smallest absolute Gasteiger partial charge is 0.189 e. The van der Waals surface area contributed by atoms with E-state index in [0.29, 0.717) is 18.5 Å². The van der Waals surface area contributed by atoms with Crippen molar-refractivity contribution in [2.45, 2.75) is 64.0 Å². The third-order valence-electron chi connectivity index (χ3n) is 4.35. The van der Waals surface area contributed by atoms with Gasteiger partial charge in [0, 0.05) is 11.7 Å². The Hall–Kier alpha value is -0.850. The third kappa shape index (κ3) is 4.56. The van der Waals surface area contributed by atoms with Gasteiger partial charge in [-0.05, 0) is 50.2 Å². The highest BCUT2D eigenvalue weighted by molar-refractivity contribution is 14.0. The zero-order valence-electron chi connectivity index (χ0n) is 12.5. The van der Waals surface area contributed by atoms with Gasteiger partial charge in [-0.1, -0.05) is 18.9 Å². The van der Waals surface area contributed by atoms with E-state index in [0.717, 1.165) is 12.1 Å². The summed E-state index contributed by atoms with van der Waals surface area (Å²) in [6, 6.07) is 4.83. The van der Waals surface area contributed by atoms with Crippen molar-refractivity contribution >= 4 is 29.9 Å². The third-order valence-corrected chi connectivity index (χ3v) is 4.35. The van der Waals surface area contributed by atoms with Crippen molar-refractivity contribution in [1.82, 2.24) is 10.3 Å².